The highest BCUT2D eigenvalue weighted by molar-refractivity contribution is 6.36. The Hall–Kier alpha value is -1.42. The van der Waals surface area contributed by atoms with Gasteiger partial charge in [-0.15, -0.1) is 0 Å². The molecule has 0 aliphatic carbocycles. The zero-order valence-corrected chi connectivity index (χ0v) is 13.1. The fourth-order valence-corrected chi connectivity index (χ4v) is 2.83. The van der Waals surface area contributed by atoms with Crippen molar-refractivity contribution in [2.24, 2.45) is 0 Å². The van der Waals surface area contributed by atoms with Crippen LogP contribution in [-0.2, 0) is 0 Å². The van der Waals surface area contributed by atoms with Crippen molar-refractivity contribution >= 4 is 45.7 Å². The molecule has 0 N–H and O–H groups in total. The predicted octanol–water partition coefficient (Wildman–Crippen LogP) is 5.70. The molecule has 106 valence electrons. The Balaban J connectivity index is 2.33. The third-order valence-corrected chi connectivity index (χ3v) is 3.95. The van der Waals surface area contributed by atoms with Gasteiger partial charge < -0.3 is 0 Å². The number of rotatable bonds is 1. The van der Waals surface area contributed by atoms with Gasteiger partial charge in [0.1, 0.15) is 11.0 Å². The summed E-state index contributed by atoms with van der Waals surface area (Å²) in [5.41, 5.74) is 1.87. The van der Waals surface area contributed by atoms with Gasteiger partial charge in [-0.1, -0.05) is 40.9 Å². The molecule has 2 aromatic carbocycles. The molecule has 3 rings (SSSR count). The van der Waals surface area contributed by atoms with E-state index in [9.17, 15) is 4.39 Å². The molecule has 1 aromatic heterocycles. The summed E-state index contributed by atoms with van der Waals surface area (Å²) in [6.45, 7) is 1.83. The minimum Gasteiger partial charge on any atom is -0.227 e. The highest BCUT2D eigenvalue weighted by Crippen LogP contribution is 2.32. The minimum absolute atomic E-state index is 0.0576. The highest BCUT2D eigenvalue weighted by Gasteiger charge is 2.15. The Kier molecular flexibility index (Phi) is 3.74. The van der Waals surface area contributed by atoms with E-state index >= 15 is 0 Å². The van der Waals surface area contributed by atoms with Crippen LogP contribution in [0.2, 0.25) is 15.2 Å². The lowest BCUT2D eigenvalue weighted by Gasteiger charge is -2.09. The van der Waals surface area contributed by atoms with Gasteiger partial charge in [0.2, 0.25) is 0 Å². The molecule has 0 saturated heterocycles. The summed E-state index contributed by atoms with van der Waals surface area (Å²) >= 11 is 18.1. The standard InChI is InChI=1S/C15H8Cl3FN2/c1-7-2-5-11(19)12-13(7)20-15(21-14(12)18)9-4-3-8(16)6-10(9)17/h2-6H,1H3. The van der Waals surface area contributed by atoms with Gasteiger partial charge in [-0.05, 0) is 36.8 Å². The molecule has 21 heavy (non-hydrogen) atoms. The first-order valence-electron chi connectivity index (χ1n) is 6.05. The third-order valence-electron chi connectivity index (χ3n) is 3.13. The van der Waals surface area contributed by atoms with Crippen LogP contribution in [0, 0.1) is 12.7 Å². The van der Waals surface area contributed by atoms with Gasteiger partial charge in [0.15, 0.2) is 5.82 Å². The van der Waals surface area contributed by atoms with E-state index < -0.39 is 5.82 Å². The molecule has 0 bridgehead atoms. The molecule has 0 atom stereocenters. The second-order valence-electron chi connectivity index (χ2n) is 4.55. The number of halogens is 4. The monoisotopic (exact) mass is 340 g/mol. The fraction of sp³-hybridized carbons (Fsp3) is 0.0667. The molecular weight excluding hydrogens is 334 g/mol. The molecule has 0 fully saturated rings. The van der Waals surface area contributed by atoms with Crippen molar-refractivity contribution in [1.29, 1.82) is 0 Å². The zero-order chi connectivity index (χ0) is 15.1. The maximum absolute atomic E-state index is 13.9. The summed E-state index contributed by atoms with van der Waals surface area (Å²) in [6.07, 6.45) is 0. The summed E-state index contributed by atoms with van der Waals surface area (Å²) in [7, 11) is 0. The van der Waals surface area contributed by atoms with Gasteiger partial charge in [0.05, 0.1) is 15.9 Å². The lowest BCUT2D eigenvalue weighted by atomic mass is 10.1. The third kappa shape index (κ3) is 2.57. The molecule has 0 unspecified atom stereocenters. The Morgan fingerprint density at radius 1 is 1.00 bits per heavy atom. The van der Waals surface area contributed by atoms with Gasteiger partial charge in [0.25, 0.3) is 0 Å². The summed E-state index contributed by atoms with van der Waals surface area (Å²) in [4.78, 5) is 8.54. The van der Waals surface area contributed by atoms with E-state index in [-0.39, 0.29) is 10.5 Å². The molecule has 0 amide bonds. The van der Waals surface area contributed by atoms with Crippen LogP contribution in [0.15, 0.2) is 30.3 Å². The quantitative estimate of drug-likeness (QED) is 0.530. The summed E-state index contributed by atoms with van der Waals surface area (Å²) in [5, 5.41) is 1.19. The predicted molar refractivity (Wildman–Crippen MR) is 84.7 cm³/mol. The maximum atomic E-state index is 13.9. The number of fused-ring (bicyclic) bond motifs is 1. The molecule has 0 saturated carbocycles. The largest absolute Gasteiger partial charge is 0.227 e. The van der Waals surface area contributed by atoms with Crippen molar-refractivity contribution in [2.75, 3.05) is 0 Å². The maximum Gasteiger partial charge on any atom is 0.163 e. The first kappa shape index (κ1) is 14.5. The van der Waals surface area contributed by atoms with Crippen LogP contribution in [0.4, 0.5) is 4.39 Å². The summed E-state index contributed by atoms with van der Waals surface area (Å²) in [6, 6.07) is 7.98. The topological polar surface area (TPSA) is 25.8 Å². The average Bonchev–Trinajstić information content (AvgIpc) is 2.42. The van der Waals surface area contributed by atoms with E-state index in [4.69, 9.17) is 34.8 Å². The normalized spacial score (nSPS) is 11.1. The number of hydrogen-bond acceptors (Lipinski definition) is 2. The lowest BCUT2D eigenvalue weighted by molar-refractivity contribution is 0.639. The molecule has 0 spiro atoms. The Labute approximate surface area is 135 Å². The van der Waals surface area contributed by atoms with Crippen LogP contribution in [0.3, 0.4) is 0 Å². The first-order valence-corrected chi connectivity index (χ1v) is 7.18. The van der Waals surface area contributed by atoms with E-state index in [1.807, 2.05) is 6.92 Å². The number of aryl methyl sites for hydroxylation is 1. The SMILES string of the molecule is Cc1ccc(F)c2c(Cl)nc(-c3ccc(Cl)cc3Cl)nc12. The van der Waals surface area contributed by atoms with Gasteiger partial charge in [0, 0.05) is 10.6 Å². The van der Waals surface area contributed by atoms with E-state index in [0.717, 1.165) is 5.56 Å². The van der Waals surface area contributed by atoms with Crippen molar-refractivity contribution < 1.29 is 4.39 Å². The van der Waals surface area contributed by atoms with E-state index in [1.54, 1.807) is 24.3 Å². The Morgan fingerprint density at radius 3 is 2.48 bits per heavy atom. The van der Waals surface area contributed by atoms with Crippen molar-refractivity contribution in [1.82, 2.24) is 9.97 Å². The van der Waals surface area contributed by atoms with E-state index in [0.29, 0.717) is 26.9 Å². The molecule has 2 nitrogen and oxygen atoms in total. The van der Waals surface area contributed by atoms with Crippen molar-refractivity contribution in [3.05, 3.63) is 56.9 Å². The van der Waals surface area contributed by atoms with Crippen LogP contribution in [0.1, 0.15) is 5.56 Å². The van der Waals surface area contributed by atoms with Crippen LogP contribution in [-0.4, -0.2) is 9.97 Å². The van der Waals surface area contributed by atoms with Crippen LogP contribution < -0.4 is 0 Å². The van der Waals surface area contributed by atoms with E-state index in [1.165, 1.54) is 6.07 Å². The van der Waals surface area contributed by atoms with Crippen LogP contribution in [0.5, 0.6) is 0 Å². The second-order valence-corrected chi connectivity index (χ2v) is 5.75. The lowest BCUT2D eigenvalue weighted by Crippen LogP contribution is -1.96. The molecule has 3 aromatic rings. The average molecular weight is 342 g/mol. The zero-order valence-electron chi connectivity index (χ0n) is 10.8. The minimum atomic E-state index is -0.450. The van der Waals surface area contributed by atoms with Gasteiger partial charge in [-0.3, -0.25) is 0 Å². The molecule has 0 radical (unpaired) electrons. The number of nitrogens with zero attached hydrogens (tertiary/aromatic N) is 2. The molecule has 0 aliphatic heterocycles. The fourth-order valence-electron chi connectivity index (χ4n) is 2.08. The number of aromatic nitrogens is 2. The summed E-state index contributed by atoms with van der Waals surface area (Å²) < 4.78 is 13.9. The van der Waals surface area contributed by atoms with Crippen molar-refractivity contribution in [2.45, 2.75) is 6.92 Å². The smallest absolute Gasteiger partial charge is 0.163 e. The first-order chi connectivity index (χ1) is 9.97. The van der Waals surface area contributed by atoms with Gasteiger partial charge >= 0.3 is 0 Å². The molecule has 0 aliphatic rings. The van der Waals surface area contributed by atoms with Gasteiger partial charge in [-0.2, -0.15) is 0 Å². The van der Waals surface area contributed by atoms with Crippen LogP contribution >= 0.6 is 34.8 Å². The highest BCUT2D eigenvalue weighted by atomic mass is 35.5. The number of benzene rings is 2. The summed E-state index contributed by atoms with van der Waals surface area (Å²) in [5.74, 6) is -0.114. The van der Waals surface area contributed by atoms with Crippen LogP contribution in [0.25, 0.3) is 22.3 Å². The van der Waals surface area contributed by atoms with Crippen molar-refractivity contribution in [3.63, 3.8) is 0 Å². The Bertz CT molecular complexity index is 865. The molecule has 6 heteroatoms. The van der Waals surface area contributed by atoms with Crippen molar-refractivity contribution in [3.8, 4) is 11.4 Å². The number of hydrogen-bond donors (Lipinski definition) is 0. The Morgan fingerprint density at radius 2 is 1.76 bits per heavy atom. The molecule has 1 heterocycles. The van der Waals surface area contributed by atoms with Gasteiger partial charge in [-0.25, -0.2) is 14.4 Å². The van der Waals surface area contributed by atoms with E-state index in [2.05, 4.69) is 9.97 Å². The molecular formula is C15H8Cl3FN2. The second kappa shape index (κ2) is 5.41.